The molecule has 9 heteroatoms. The van der Waals surface area contributed by atoms with Crippen LogP contribution in [0.15, 0.2) is 56.0 Å². The molecule has 0 aliphatic rings. The average molecular weight is 437 g/mol. The Hall–Kier alpha value is -0.860. The van der Waals surface area contributed by atoms with Crippen molar-refractivity contribution in [1.29, 1.82) is 0 Å². The molecule has 0 unspecified atom stereocenters. The van der Waals surface area contributed by atoms with E-state index in [1.807, 2.05) is 0 Å². The summed E-state index contributed by atoms with van der Waals surface area (Å²) in [5.41, 5.74) is 0. The van der Waals surface area contributed by atoms with Crippen LogP contribution >= 0.6 is 47.0 Å². The van der Waals surface area contributed by atoms with Crippen molar-refractivity contribution in [2.24, 2.45) is 0 Å². The second-order valence-electron chi connectivity index (χ2n) is 4.85. The normalized spacial score (nSPS) is 11.4. The Morgan fingerprint density at radius 2 is 1.76 bits per heavy atom. The van der Waals surface area contributed by atoms with Gasteiger partial charge >= 0.3 is 5.97 Å². The van der Waals surface area contributed by atoms with E-state index in [0.717, 1.165) is 16.9 Å². The van der Waals surface area contributed by atoms with Crippen molar-refractivity contribution in [3.63, 3.8) is 0 Å². The molecule has 0 saturated heterocycles. The number of halogens is 2. The van der Waals surface area contributed by atoms with Gasteiger partial charge in [-0.05, 0) is 36.4 Å². The van der Waals surface area contributed by atoms with E-state index < -0.39 is 15.8 Å². The zero-order valence-corrected chi connectivity index (χ0v) is 17.2. The molecule has 0 amide bonds. The van der Waals surface area contributed by atoms with Crippen molar-refractivity contribution in [3.05, 3.63) is 46.4 Å². The molecular formula is C16H14Cl2O4S3. The van der Waals surface area contributed by atoms with Crippen molar-refractivity contribution < 1.29 is 17.4 Å². The molecule has 0 heterocycles. The summed E-state index contributed by atoms with van der Waals surface area (Å²) in [5.74, 6) is -0.407. The summed E-state index contributed by atoms with van der Waals surface area (Å²) in [6, 6.07) is 9.77. The third kappa shape index (κ3) is 5.56. The second-order valence-corrected chi connectivity index (χ2v) is 9.83. The monoisotopic (exact) mass is 436 g/mol. The van der Waals surface area contributed by atoms with Gasteiger partial charge < -0.3 is 4.18 Å². The topological polar surface area (TPSA) is 60.4 Å². The molecule has 0 aliphatic carbocycles. The van der Waals surface area contributed by atoms with E-state index in [-0.39, 0.29) is 10.6 Å². The minimum atomic E-state index is -3.32. The van der Waals surface area contributed by atoms with Gasteiger partial charge in [0.25, 0.3) is 0 Å². The van der Waals surface area contributed by atoms with Gasteiger partial charge in [-0.3, -0.25) is 4.79 Å². The molecule has 0 aliphatic heterocycles. The van der Waals surface area contributed by atoms with Crippen LogP contribution in [0.4, 0.5) is 0 Å². The third-order valence-electron chi connectivity index (χ3n) is 3.02. The number of hydrogen-bond donors (Lipinski definition) is 0. The lowest BCUT2D eigenvalue weighted by atomic mass is 10.3. The molecule has 0 saturated carbocycles. The van der Waals surface area contributed by atoms with Crippen LogP contribution in [0.3, 0.4) is 0 Å². The van der Waals surface area contributed by atoms with Gasteiger partial charge in [0, 0.05) is 21.7 Å². The number of rotatable bonds is 6. The van der Waals surface area contributed by atoms with Gasteiger partial charge in [-0.2, -0.15) is 0 Å². The maximum absolute atomic E-state index is 11.9. The van der Waals surface area contributed by atoms with Crippen LogP contribution in [-0.4, -0.2) is 20.1 Å². The van der Waals surface area contributed by atoms with Crippen molar-refractivity contribution >= 4 is 62.8 Å². The van der Waals surface area contributed by atoms with Gasteiger partial charge in [0.05, 0.1) is 32.6 Å². The fraction of sp³-hybridized carbons (Fsp3) is 0.188. The smallest absolute Gasteiger partial charge is 0.315 e. The first kappa shape index (κ1) is 20.5. The number of sulfone groups is 1. The predicted octanol–water partition coefficient (Wildman–Crippen LogP) is 5.51. The predicted molar refractivity (Wildman–Crippen MR) is 102 cm³/mol. The molecule has 2 aromatic rings. The Morgan fingerprint density at radius 3 is 2.36 bits per heavy atom. The molecule has 0 atom stereocenters. The van der Waals surface area contributed by atoms with Gasteiger partial charge in [-0.25, -0.2) is 8.42 Å². The molecule has 2 aromatic carbocycles. The van der Waals surface area contributed by atoms with Gasteiger partial charge in [-0.1, -0.05) is 41.9 Å². The largest absolute Gasteiger partial charge is 0.386 e. The molecule has 25 heavy (non-hydrogen) atoms. The summed E-state index contributed by atoms with van der Waals surface area (Å²) in [6.45, 7) is 2.90. The Balaban J connectivity index is 2.33. The quantitative estimate of drug-likeness (QED) is 0.556. The lowest BCUT2D eigenvalue weighted by Crippen LogP contribution is -2.03. The van der Waals surface area contributed by atoms with Crippen LogP contribution in [0.2, 0.25) is 10.0 Å². The highest BCUT2D eigenvalue weighted by Gasteiger charge is 2.15. The van der Waals surface area contributed by atoms with Crippen LogP contribution < -0.4 is 0 Å². The maximum Gasteiger partial charge on any atom is 0.315 e. The maximum atomic E-state index is 11.9. The summed E-state index contributed by atoms with van der Waals surface area (Å²) in [7, 11) is -3.32. The lowest BCUT2D eigenvalue weighted by Gasteiger charge is -2.10. The zero-order valence-electron chi connectivity index (χ0n) is 13.3. The average Bonchev–Trinajstić information content (AvgIpc) is 2.55. The Kier molecular flexibility index (Phi) is 7.10. The first-order valence-corrected chi connectivity index (χ1v) is 11.0. The molecule has 2 rings (SSSR count). The van der Waals surface area contributed by atoms with E-state index in [2.05, 4.69) is 0 Å². The highest BCUT2D eigenvalue weighted by atomic mass is 35.5. The number of carbonyl (C=O) groups excluding carboxylic acids is 1. The standard InChI is InChI=1S/C16H14Cl2O4S3/c1-3-25(20,21)12-5-7-14(13(18)9-12)23-16-8-11(17)4-6-15(16)24-22-10(2)19/h4-9H,3H2,1-2H3. The summed E-state index contributed by atoms with van der Waals surface area (Å²) in [5, 5.41) is 0.846. The molecule has 0 fully saturated rings. The van der Waals surface area contributed by atoms with E-state index in [1.54, 1.807) is 31.2 Å². The van der Waals surface area contributed by atoms with Crippen LogP contribution in [-0.2, 0) is 18.8 Å². The first-order chi connectivity index (χ1) is 11.7. The fourth-order valence-electron chi connectivity index (χ4n) is 1.78. The Morgan fingerprint density at radius 1 is 1.08 bits per heavy atom. The van der Waals surface area contributed by atoms with E-state index in [0.29, 0.717) is 19.8 Å². The molecular weight excluding hydrogens is 423 g/mol. The van der Waals surface area contributed by atoms with E-state index in [1.165, 1.54) is 30.8 Å². The number of benzene rings is 2. The third-order valence-corrected chi connectivity index (χ3v) is 7.53. The summed E-state index contributed by atoms with van der Waals surface area (Å²) in [6.07, 6.45) is 0. The minimum absolute atomic E-state index is 0.00723. The highest BCUT2D eigenvalue weighted by molar-refractivity contribution is 8.01. The SMILES string of the molecule is CCS(=O)(=O)c1ccc(Sc2cc(Cl)ccc2SOC(C)=O)c(Cl)c1. The van der Waals surface area contributed by atoms with Crippen LogP contribution in [0.1, 0.15) is 13.8 Å². The molecule has 0 N–H and O–H groups in total. The minimum Gasteiger partial charge on any atom is -0.386 e. The van der Waals surface area contributed by atoms with E-state index in [9.17, 15) is 13.2 Å². The molecule has 4 nitrogen and oxygen atoms in total. The van der Waals surface area contributed by atoms with Crippen molar-refractivity contribution in [1.82, 2.24) is 0 Å². The van der Waals surface area contributed by atoms with E-state index in [4.69, 9.17) is 27.4 Å². The first-order valence-electron chi connectivity index (χ1n) is 7.07. The van der Waals surface area contributed by atoms with Gasteiger partial charge in [-0.15, -0.1) is 0 Å². The second kappa shape index (κ2) is 8.68. The highest BCUT2D eigenvalue weighted by Crippen LogP contribution is 2.40. The Labute approximate surface area is 165 Å². The van der Waals surface area contributed by atoms with Crippen LogP contribution in [0, 0.1) is 0 Å². The molecule has 134 valence electrons. The van der Waals surface area contributed by atoms with Crippen molar-refractivity contribution in [2.45, 2.75) is 33.4 Å². The summed E-state index contributed by atoms with van der Waals surface area (Å²) in [4.78, 5) is 13.3. The molecule has 0 aromatic heterocycles. The van der Waals surface area contributed by atoms with Gasteiger partial charge in [0.2, 0.25) is 0 Å². The molecule has 0 spiro atoms. The zero-order chi connectivity index (χ0) is 18.6. The van der Waals surface area contributed by atoms with Crippen molar-refractivity contribution in [3.8, 4) is 0 Å². The van der Waals surface area contributed by atoms with E-state index >= 15 is 0 Å². The Bertz CT molecular complexity index is 898. The molecule has 0 bridgehead atoms. The van der Waals surface area contributed by atoms with Crippen LogP contribution in [0.5, 0.6) is 0 Å². The summed E-state index contributed by atoms with van der Waals surface area (Å²) >= 11 is 14.5. The lowest BCUT2D eigenvalue weighted by molar-refractivity contribution is -0.130. The van der Waals surface area contributed by atoms with Crippen molar-refractivity contribution in [2.75, 3.05) is 5.75 Å². The molecule has 0 radical (unpaired) electrons. The number of hydrogen-bond acceptors (Lipinski definition) is 6. The fourth-order valence-corrected chi connectivity index (χ4v) is 4.86. The van der Waals surface area contributed by atoms with Gasteiger partial charge in [0.1, 0.15) is 0 Å². The summed E-state index contributed by atoms with van der Waals surface area (Å²) < 4.78 is 28.8. The van der Waals surface area contributed by atoms with Crippen LogP contribution in [0.25, 0.3) is 0 Å². The number of carbonyl (C=O) groups is 1. The van der Waals surface area contributed by atoms with Gasteiger partial charge in [0.15, 0.2) is 9.84 Å².